The first-order valence-corrected chi connectivity index (χ1v) is 8.69. The second kappa shape index (κ2) is 8.68. The first-order chi connectivity index (χ1) is 13.2. The van der Waals surface area contributed by atoms with Crippen LogP contribution in [-0.4, -0.2) is 28.3 Å². The molecule has 0 bridgehead atoms. The lowest BCUT2D eigenvalue weighted by Crippen LogP contribution is -2.37. The van der Waals surface area contributed by atoms with Crippen LogP contribution in [0, 0.1) is 11.3 Å². The Morgan fingerprint density at radius 1 is 1.22 bits per heavy atom. The normalized spacial score (nSPS) is 11.4. The Morgan fingerprint density at radius 3 is 2.67 bits per heavy atom. The number of hydrogen-bond acceptors (Lipinski definition) is 4. The van der Waals surface area contributed by atoms with E-state index in [1.807, 2.05) is 47.3 Å². The van der Waals surface area contributed by atoms with E-state index in [-0.39, 0.29) is 5.91 Å². The number of carbonyl (C=O) groups excluding carboxylic acids is 1. The lowest BCUT2D eigenvalue weighted by atomic mass is 10.2. The molecule has 3 aromatic rings. The number of para-hydroxylation sites is 1. The van der Waals surface area contributed by atoms with Gasteiger partial charge in [0.15, 0.2) is 6.10 Å². The minimum Gasteiger partial charge on any atom is -0.481 e. The summed E-state index contributed by atoms with van der Waals surface area (Å²) in [4.78, 5) is 12.2. The van der Waals surface area contributed by atoms with Gasteiger partial charge in [-0.25, -0.2) is 4.68 Å². The van der Waals surface area contributed by atoms with E-state index in [4.69, 9.17) is 10.00 Å². The van der Waals surface area contributed by atoms with Gasteiger partial charge in [-0.05, 0) is 55.3 Å². The van der Waals surface area contributed by atoms with E-state index in [1.165, 1.54) is 0 Å². The summed E-state index contributed by atoms with van der Waals surface area (Å²) in [5.74, 6) is 0.371. The lowest BCUT2D eigenvalue weighted by molar-refractivity contribution is -0.127. The zero-order valence-electron chi connectivity index (χ0n) is 15.0. The van der Waals surface area contributed by atoms with Crippen molar-refractivity contribution in [2.75, 3.05) is 6.54 Å². The van der Waals surface area contributed by atoms with E-state index >= 15 is 0 Å². The van der Waals surface area contributed by atoms with Crippen molar-refractivity contribution in [2.45, 2.75) is 19.4 Å². The predicted molar refractivity (Wildman–Crippen MR) is 102 cm³/mol. The highest BCUT2D eigenvalue weighted by atomic mass is 16.5. The summed E-state index contributed by atoms with van der Waals surface area (Å²) >= 11 is 0. The summed E-state index contributed by atoms with van der Waals surface area (Å²) in [7, 11) is 0. The van der Waals surface area contributed by atoms with Gasteiger partial charge in [0.25, 0.3) is 5.91 Å². The molecule has 0 radical (unpaired) electrons. The van der Waals surface area contributed by atoms with Crippen LogP contribution in [0.4, 0.5) is 0 Å². The Hall–Kier alpha value is -3.59. The van der Waals surface area contributed by atoms with Gasteiger partial charge in [0, 0.05) is 12.7 Å². The maximum atomic E-state index is 12.2. The number of ether oxygens (including phenoxy) is 1. The molecule has 0 saturated heterocycles. The number of hydrogen-bond donors (Lipinski definition) is 1. The van der Waals surface area contributed by atoms with Crippen molar-refractivity contribution in [3.63, 3.8) is 0 Å². The van der Waals surface area contributed by atoms with E-state index in [1.54, 1.807) is 37.4 Å². The van der Waals surface area contributed by atoms with Crippen LogP contribution in [0.15, 0.2) is 67.0 Å². The Bertz CT molecular complexity index is 927. The molecule has 6 heteroatoms. The van der Waals surface area contributed by atoms with E-state index in [0.29, 0.717) is 24.3 Å². The topological polar surface area (TPSA) is 79.9 Å². The Morgan fingerprint density at radius 2 is 1.96 bits per heavy atom. The molecule has 0 aliphatic heterocycles. The fourth-order valence-corrected chi connectivity index (χ4v) is 2.55. The summed E-state index contributed by atoms with van der Waals surface area (Å²) in [5, 5.41) is 16.0. The van der Waals surface area contributed by atoms with Crippen LogP contribution < -0.4 is 10.1 Å². The molecule has 1 heterocycles. The summed E-state index contributed by atoms with van der Waals surface area (Å²) in [6, 6.07) is 18.6. The maximum Gasteiger partial charge on any atom is 0.260 e. The van der Waals surface area contributed by atoms with Crippen LogP contribution in [0.25, 0.3) is 5.69 Å². The number of carbonyl (C=O) groups is 1. The van der Waals surface area contributed by atoms with E-state index < -0.39 is 6.10 Å². The minimum absolute atomic E-state index is 0.185. The summed E-state index contributed by atoms with van der Waals surface area (Å²) in [5.41, 5.74) is 2.59. The van der Waals surface area contributed by atoms with Gasteiger partial charge in [0.1, 0.15) is 5.75 Å². The van der Waals surface area contributed by atoms with Crippen molar-refractivity contribution in [1.29, 1.82) is 5.26 Å². The van der Waals surface area contributed by atoms with Gasteiger partial charge in [-0.3, -0.25) is 4.79 Å². The minimum atomic E-state index is -0.620. The van der Waals surface area contributed by atoms with Gasteiger partial charge < -0.3 is 10.1 Å². The molecule has 0 aliphatic rings. The van der Waals surface area contributed by atoms with E-state index in [0.717, 1.165) is 11.3 Å². The molecule has 136 valence electrons. The van der Waals surface area contributed by atoms with Gasteiger partial charge in [-0.15, -0.1) is 0 Å². The first kappa shape index (κ1) is 18.2. The highest BCUT2D eigenvalue weighted by Crippen LogP contribution is 2.13. The molecule has 2 aromatic carbocycles. The third-order valence-corrected chi connectivity index (χ3v) is 4.04. The fourth-order valence-electron chi connectivity index (χ4n) is 2.55. The van der Waals surface area contributed by atoms with Crippen molar-refractivity contribution >= 4 is 5.91 Å². The van der Waals surface area contributed by atoms with Crippen molar-refractivity contribution in [2.24, 2.45) is 0 Å². The number of benzene rings is 2. The third-order valence-electron chi connectivity index (χ3n) is 4.04. The molecule has 27 heavy (non-hydrogen) atoms. The monoisotopic (exact) mass is 360 g/mol. The molecule has 6 nitrogen and oxygen atoms in total. The summed E-state index contributed by atoms with van der Waals surface area (Å²) < 4.78 is 7.42. The van der Waals surface area contributed by atoms with Crippen LogP contribution in [0.1, 0.15) is 18.1 Å². The van der Waals surface area contributed by atoms with Crippen molar-refractivity contribution < 1.29 is 9.53 Å². The molecule has 0 fully saturated rings. The molecule has 1 aromatic heterocycles. The molecule has 0 aliphatic carbocycles. The first-order valence-electron chi connectivity index (χ1n) is 8.69. The molecule has 1 unspecified atom stereocenters. The molecule has 0 spiro atoms. The summed E-state index contributed by atoms with van der Waals surface area (Å²) in [6.07, 6.45) is 3.82. The van der Waals surface area contributed by atoms with Gasteiger partial charge >= 0.3 is 0 Å². The van der Waals surface area contributed by atoms with E-state index in [2.05, 4.69) is 10.4 Å². The Balaban J connectivity index is 1.46. The standard InChI is InChI=1S/C21H20N4O2/c1-16(27-20-9-7-17(13-22)8-10-20)21(26)23-12-11-18-14-24-25(15-18)19-5-3-2-4-6-19/h2-10,14-16H,11-12H2,1H3,(H,23,26). The van der Waals surface area contributed by atoms with Gasteiger partial charge in [-0.1, -0.05) is 18.2 Å². The molecular formula is C21H20N4O2. The Kier molecular flexibility index (Phi) is 5.85. The number of nitrogens with zero attached hydrogens (tertiary/aromatic N) is 3. The van der Waals surface area contributed by atoms with Crippen LogP contribution in [-0.2, 0) is 11.2 Å². The highest BCUT2D eigenvalue weighted by Gasteiger charge is 2.14. The van der Waals surface area contributed by atoms with Gasteiger partial charge in [-0.2, -0.15) is 10.4 Å². The fraction of sp³-hybridized carbons (Fsp3) is 0.190. The van der Waals surface area contributed by atoms with Gasteiger partial charge in [0.05, 0.1) is 23.5 Å². The number of aromatic nitrogens is 2. The molecule has 1 amide bonds. The largest absolute Gasteiger partial charge is 0.481 e. The number of amides is 1. The number of rotatable bonds is 7. The van der Waals surface area contributed by atoms with Crippen LogP contribution in [0.3, 0.4) is 0 Å². The van der Waals surface area contributed by atoms with Crippen LogP contribution in [0.5, 0.6) is 5.75 Å². The quantitative estimate of drug-likeness (QED) is 0.703. The van der Waals surface area contributed by atoms with E-state index in [9.17, 15) is 4.79 Å². The van der Waals surface area contributed by atoms with Gasteiger partial charge in [0.2, 0.25) is 0 Å². The average Bonchev–Trinajstić information content (AvgIpc) is 3.18. The highest BCUT2D eigenvalue weighted by molar-refractivity contribution is 5.80. The molecule has 1 atom stereocenters. The number of nitriles is 1. The van der Waals surface area contributed by atoms with Crippen LogP contribution in [0.2, 0.25) is 0 Å². The second-order valence-electron chi connectivity index (χ2n) is 6.07. The molecule has 1 N–H and O–H groups in total. The zero-order chi connectivity index (χ0) is 19.1. The molecular weight excluding hydrogens is 340 g/mol. The van der Waals surface area contributed by atoms with Crippen LogP contribution >= 0.6 is 0 Å². The summed E-state index contributed by atoms with van der Waals surface area (Å²) in [6.45, 7) is 2.20. The van der Waals surface area contributed by atoms with Crippen molar-refractivity contribution in [1.82, 2.24) is 15.1 Å². The molecule has 0 saturated carbocycles. The lowest BCUT2D eigenvalue weighted by Gasteiger charge is -2.14. The molecule has 3 rings (SSSR count). The average molecular weight is 360 g/mol. The zero-order valence-corrected chi connectivity index (χ0v) is 15.0. The maximum absolute atomic E-state index is 12.2. The number of nitrogens with one attached hydrogen (secondary N) is 1. The Labute approximate surface area is 158 Å². The predicted octanol–water partition coefficient (Wildman–Crippen LogP) is 2.87. The SMILES string of the molecule is CC(Oc1ccc(C#N)cc1)C(=O)NCCc1cnn(-c2ccccc2)c1. The van der Waals surface area contributed by atoms with Crippen molar-refractivity contribution in [3.8, 4) is 17.5 Å². The second-order valence-corrected chi connectivity index (χ2v) is 6.07. The van der Waals surface area contributed by atoms with Crippen molar-refractivity contribution in [3.05, 3.63) is 78.1 Å². The smallest absolute Gasteiger partial charge is 0.260 e. The third kappa shape index (κ3) is 4.95.